The summed E-state index contributed by atoms with van der Waals surface area (Å²) < 4.78 is 12.5. The lowest BCUT2D eigenvalue weighted by atomic mass is 9.84. The van der Waals surface area contributed by atoms with Gasteiger partial charge in [-0.25, -0.2) is 0 Å². The summed E-state index contributed by atoms with van der Waals surface area (Å²) in [6, 6.07) is 6.09. The third-order valence-electron chi connectivity index (χ3n) is 2.76. The Morgan fingerprint density at radius 2 is 1.94 bits per heavy atom. The smallest absolute Gasteiger partial charge is 0.138 e. The van der Waals surface area contributed by atoms with Gasteiger partial charge >= 0.3 is 0 Å². The van der Waals surface area contributed by atoms with Crippen molar-refractivity contribution in [3.05, 3.63) is 28.2 Å². The first-order valence-corrected chi connectivity index (χ1v) is 7.15. The van der Waals surface area contributed by atoms with Gasteiger partial charge in [0.05, 0.1) is 17.7 Å². The van der Waals surface area contributed by atoms with Gasteiger partial charge in [0.1, 0.15) is 5.75 Å². The summed E-state index contributed by atoms with van der Waals surface area (Å²) in [6.07, 6.45) is 1.05. The minimum Gasteiger partial charge on any atom is -0.495 e. The van der Waals surface area contributed by atoms with Gasteiger partial charge in [0.15, 0.2) is 0 Å². The van der Waals surface area contributed by atoms with Crippen molar-refractivity contribution in [3.8, 4) is 5.75 Å². The molecule has 18 heavy (non-hydrogen) atoms. The fourth-order valence-electron chi connectivity index (χ4n) is 1.99. The van der Waals surface area contributed by atoms with Crippen LogP contribution in [0.5, 0.6) is 5.75 Å². The summed E-state index contributed by atoms with van der Waals surface area (Å²) >= 11 is 3.53. The van der Waals surface area contributed by atoms with Crippen molar-refractivity contribution in [1.82, 2.24) is 0 Å². The molecule has 1 aromatic carbocycles. The Balaban J connectivity index is 3.16. The van der Waals surface area contributed by atoms with Crippen molar-refractivity contribution in [2.75, 3.05) is 13.7 Å². The van der Waals surface area contributed by atoms with Gasteiger partial charge in [-0.05, 0) is 33.8 Å². The molecule has 1 aromatic rings. The lowest BCUT2D eigenvalue weighted by Gasteiger charge is -2.32. The van der Waals surface area contributed by atoms with E-state index in [0.717, 1.165) is 28.8 Å². The van der Waals surface area contributed by atoms with Gasteiger partial charge in [0.2, 0.25) is 0 Å². The van der Waals surface area contributed by atoms with Crippen LogP contribution in [-0.2, 0) is 4.74 Å². The number of hydrogen-bond acceptors (Lipinski definition) is 2. The largest absolute Gasteiger partial charge is 0.495 e. The molecule has 0 saturated carbocycles. The number of halogens is 1. The topological polar surface area (TPSA) is 18.5 Å². The molecule has 0 aliphatic rings. The Morgan fingerprint density at radius 1 is 1.28 bits per heavy atom. The predicted octanol–water partition coefficient (Wildman–Crippen LogP) is 4.97. The summed E-state index contributed by atoms with van der Waals surface area (Å²) in [5, 5.41) is 0. The van der Waals surface area contributed by atoms with Crippen molar-refractivity contribution in [3.63, 3.8) is 0 Å². The highest BCUT2D eigenvalue weighted by atomic mass is 79.9. The standard InChI is InChI=1S/C15H23BrO2/c1-6-10-18-14(15(2,3)4)11-8-7-9-12(16)13(11)17-5/h7-9,14H,6,10H2,1-5H3. The Bertz CT molecular complexity index is 383. The summed E-state index contributed by atoms with van der Waals surface area (Å²) in [4.78, 5) is 0. The zero-order valence-electron chi connectivity index (χ0n) is 11.9. The molecule has 0 spiro atoms. The van der Waals surface area contributed by atoms with E-state index in [9.17, 15) is 0 Å². The third-order valence-corrected chi connectivity index (χ3v) is 3.38. The highest BCUT2D eigenvalue weighted by Gasteiger charge is 2.30. The van der Waals surface area contributed by atoms with Crippen LogP contribution < -0.4 is 4.74 Å². The Kier molecular flexibility index (Phi) is 5.67. The highest BCUT2D eigenvalue weighted by Crippen LogP contribution is 2.42. The molecule has 3 heteroatoms. The van der Waals surface area contributed by atoms with Crippen LogP contribution in [0.3, 0.4) is 0 Å². The second kappa shape index (κ2) is 6.58. The maximum Gasteiger partial charge on any atom is 0.138 e. The molecule has 102 valence electrons. The number of rotatable bonds is 5. The van der Waals surface area contributed by atoms with E-state index < -0.39 is 0 Å². The number of ether oxygens (including phenoxy) is 2. The molecule has 0 N–H and O–H groups in total. The van der Waals surface area contributed by atoms with E-state index in [1.54, 1.807) is 7.11 Å². The van der Waals surface area contributed by atoms with E-state index in [1.165, 1.54) is 0 Å². The zero-order valence-corrected chi connectivity index (χ0v) is 13.5. The molecule has 0 radical (unpaired) electrons. The summed E-state index contributed by atoms with van der Waals surface area (Å²) in [6.45, 7) is 9.45. The van der Waals surface area contributed by atoms with Gasteiger partial charge in [-0.1, -0.05) is 39.8 Å². The average molecular weight is 315 g/mol. The Morgan fingerprint density at radius 3 is 2.44 bits per heavy atom. The zero-order chi connectivity index (χ0) is 13.8. The van der Waals surface area contributed by atoms with Crippen molar-refractivity contribution in [1.29, 1.82) is 0 Å². The highest BCUT2D eigenvalue weighted by molar-refractivity contribution is 9.10. The molecular formula is C15H23BrO2. The van der Waals surface area contributed by atoms with Gasteiger partial charge in [-0.3, -0.25) is 0 Å². The Hall–Kier alpha value is -0.540. The fourth-order valence-corrected chi connectivity index (χ4v) is 2.53. The predicted molar refractivity (Wildman–Crippen MR) is 79.1 cm³/mol. The Labute approximate surface area is 119 Å². The van der Waals surface area contributed by atoms with Crippen LogP contribution in [-0.4, -0.2) is 13.7 Å². The van der Waals surface area contributed by atoms with Crippen molar-refractivity contribution in [2.24, 2.45) is 5.41 Å². The van der Waals surface area contributed by atoms with Gasteiger partial charge in [-0.2, -0.15) is 0 Å². The van der Waals surface area contributed by atoms with Crippen LogP contribution >= 0.6 is 15.9 Å². The summed E-state index contributed by atoms with van der Waals surface area (Å²) in [7, 11) is 1.70. The summed E-state index contributed by atoms with van der Waals surface area (Å²) in [5.41, 5.74) is 1.14. The molecular weight excluding hydrogens is 292 g/mol. The summed E-state index contributed by atoms with van der Waals surface area (Å²) in [5.74, 6) is 0.869. The second-order valence-electron chi connectivity index (χ2n) is 5.48. The molecule has 1 rings (SSSR count). The third kappa shape index (κ3) is 3.72. The molecule has 0 heterocycles. The number of benzene rings is 1. The number of hydrogen-bond donors (Lipinski definition) is 0. The molecule has 0 aromatic heterocycles. The van der Waals surface area contributed by atoms with Crippen molar-refractivity contribution >= 4 is 15.9 Å². The van der Waals surface area contributed by atoms with E-state index in [4.69, 9.17) is 9.47 Å². The van der Waals surface area contributed by atoms with Gasteiger partial charge in [0, 0.05) is 12.2 Å². The number of methoxy groups -OCH3 is 1. The first-order valence-electron chi connectivity index (χ1n) is 6.35. The molecule has 0 saturated heterocycles. The fraction of sp³-hybridized carbons (Fsp3) is 0.600. The average Bonchev–Trinajstić information content (AvgIpc) is 2.28. The molecule has 0 fully saturated rings. The van der Waals surface area contributed by atoms with Crippen LogP contribution in [0, 0.1) is 5.41 Å². The lowest BCUT2D eigenvalue weighted by Crippen LogP contribution is -2.22. The second-order valence-corrected chi connectivity index (χ2v) is 6.33. The van der Waals surface area contributed by atoms with Crippen LogP contribution in [0.25, 0.3) is 0 Å². The maximum absolute atomic E-state index is 6.04. The maximum atomic E-state index is 6.04. The van der Waals surface area contributed by atoms with E-state index in [-0.39, 0.29) is 11.5 Å². The molecule has 2 nitrogen and oxygen atoms in total. The first-order chi connectivity index (χ1) is 8.41. The molecule has 0 bridgehead atoms. The van der Waals surface area contributed by atoms with Gasteiger partial charge in [0.25, 0.3) is 0 Å². The van der Waals surface area contributed by atoms with Gasteiger partial charge < -0.3 is 9.47 Å². The number of para-hydroxylation sites is 1. The SMILES string of the molecule is CCCOC(c1cccc(Br)c1OC)C(C)(C)C. The van der Waals surface area contributed by atoms with E-state index >= 15 is 0 Å². The van der Waals surface area contributed by atoms with E-state index in [0.29, 0.717) is 0 Å². The van der Waals surface area contributed by atoms with Crippen LogP contribution in [0.15, 0.2) is 22.7 Å². The van der Waals surface area contributed by atoms with Crippen LogP contribution in [0.4, 0.5) is 0 Å². The van der Waals surface area contributed by atoms with Crippen LogP contribution in [0.2, 0.25) is 0 Å². The normalized spacial score (nSPS) is 13.4. The molecule has 0 amide bonds. The lowest BCUT2D eigenvalue weighted by molar-refractivity contribution is -0.0209. The minimum atomic E-state index is 0.0310. The molecule has 1 unspecified atom stereocenters. The molecule has 0 aliphatic heterocycles. The first kappa shape index (κ1) is 15.5. The van der Waals surface area contributed by atoms with E-state index in [1.807, 2.05) is 12.1 Å². The molecule has 0 aliphatic carbocycles. The monoisotopic (exact) mass is 314 g/mol. The van der Waals surface area contributed by atoms with Crippen molar-refractivity contribution < 1.29 is 9.47 Å². The molecule has 1 atom stereocenters. The van der Waals surface area contributed by atoms with Crippen molar-refractivity contribution in [2.45, 2.75) is 40.2 Å². The van der Waals surface area contributed by atoms with Crippen LogP contribution in [0.1, 0.15) is 45.8 Å². The quantitative estimate of drug-likeness (QED) is 0.763. The van der Waals surface area contributed by atoms with E-state index in [2.05, 4.69) is 49.7 Å². The minimum absolute atomic E-state index is 0.0310. The van der Waals surface area contributed by atoms with Gasteiger partial charge in [-0.15, -0.1) is 0 Å².